The van der Waals surface area contributed by atoms with Crippen LogP contribution >= 0.6 is 0 Å². The van der Waals surface area contributed by atoms with Gasteiger partial charge in [-0.1, -0.05) is 0 Å². The molecule has 0 aromatic carbocycles. The number of carbonyl (C=O) groups is 1. The number of rotatable bonds is 3. The third-order valence-corrected chi connectivity index (χ3v) is 4.13. The summed E-state index contributed by atoms with van der Waals surface area (Å²) in [6, 6.07) is 0.521. The lowest BCUT2D eigenvalue weighted by atomic mass is 10.2. The van der Waals surface area contributed by atoms with Gasteiger partial charge in [-0.2, -0.15) is 0 Å². The number of aromatic nitrogens is 2. The summed E-state index contributed by atoms with van der Waals surface area (Å²) in [5, 5.41) is 3.55. The van der Waals surface area contributed by atoms with Crippen LogP contribution in [0.2, 0.25) is 0 Å². The summed E-state index contributed by atoms with van der Waals surface area (Å²) in [5.74, 6) is 2.09. The molecular weight excluding hydrogens is 268 g/mol. The number of hydrogen-bond donors (Lipinski definition) is 2. The van der Waals surface area contributed by atoms with E-state index in [1.165, 1.54) is 0 Å². The first-order valence-electron chi connectivity index (χ1n) is 7.55. The Balaban J connectivity index is 1.43. The normalized spacial score (nSPS) is 27.6. The zero-order valence-electron chi connectivity index (χ0n) is 13.1. The summed E-state index contributed by atoms with van der Waals surface area (Å²) in [6.45, 7) is 10.1. The minimum atomic E-state index is -0.417. The van der Waals surface area contributed by atoms with E-state index in [4.69, 9.17) is 4.74 Å². The summed E-state index contributed by atoms with van der Waals surface area (Å²) < 4.78 is 5.41. The van der Waals surface area contributed by atoms with E-state index in [1.807, 2.05) is 38.8 Å². The number of piperidine rings is 1. The van der Waals surface area contributed by atoms with Crippen LogP contribution in [0, 0.1) is 18.8 Å². The number of imidazole rings is 1. The van der Waals surface area contributed by atoms with E-state index in [0.717, 1.165) is 31.2 Å². The molecule has 1 aromatic heterocycles. The van der Waals surface area contributed by atoms with Crippen molar-refractivity contribution >= 4 is 6.09 Å². The summed E-state index contributed by atoms with van der Waals surface area (Å²) in [5.41, 5.74) is 0.696. The summed E-state index contributed by atoms with van der Waals surface area (Å²) in [7, 11) is 0. The molecule has 0 bridgehead atoms. The zero-order valence-corrected chi connectivity index (χ0v) is 13.1. The lowest BCUT2D eigenvalue weighted by Crippen LogP contribution is -2.39. The van der Waals surface area contributed by atoms with Crippen molar-refractivity contribution in [2.75, 3.05) is 13.1 Å². The van der Waals surface area contributed by atoms with Gasteiger partial charge in [-0.25, -0.2) is 9.78 Å². The van der Waals surface area contributed by atoms with Crippen molar-refractivity contribution in [3.63, 3.8) is 0 Å². The summed E-state index contributed by atoms with van der Waals surface area (Å²) >= 11 is 0. The van der Waals surface area contributed by atoms with Crippen molar-refractivity contribution in [2.45, 2.75) is 45.9 Å². The van der Waals surface area contributed by atoms with Gasteiger partial charge in [0, 0.05) is 37.6 Å². The Labute approximate surface area is 125 Å². The number of nitrogens with zero attached hydrogens (tertiary/aromatic N) is 2. The number of aryl methyl sites for hydroxylation is 1. The molecule has 2 N–H and O–H groups in total. The Morgan fingerprint density at radius 1 is 1.48 bits per heavy atom. The molecular formula is C15H24N4O2. The third-order valence-electron chi connectivity index (χ3n) is 4.13. The highest BCUT2D eigenvalue weighted by molar-refractivity contribution is 5.69. The molecule has 1 saturated carbocycles. The Hall–Kier alpha value is -1.56. The molecule has 21 heavy (non-hydrogen) atoms. The van der Waals surface area contributed by atoms with Crippen LogP contribution in [-0.4, -0.2) is 45.7 Å². The van der Waals surface area contributed by atoms with E-state index in [0.29, 0.717) is 17.9 Å². The van der Waals surface area contributed by atoms with Gasteiger partial charge in [0.1, 0.15) is 11.4 Å². The Bertz CT molecular complexity index is 522. The number of hydrogen-bond acceptors (Lipinski definition) is 4. The number of aromatic amines is 1. The molecule has 1 amide bonds. The van der Waals surface area contributed by atoms with Crippen LogP contribution in [0.25, 0.3) is 0 Å². The van der Waals surface area contributed by atoms with Crippen LogP contribution < -0.4 is 5.32 Å². The standard InChI is InChI=1S/C15H24N4O2/c1-9-16-5-10(18-9)6-17-13-11-7-19(8-12(11)13)14(20)21-15(2,3)4/h5,11-13,17H,6-8H2,1-4H3,(H,16,18). The van der Waals surface area contributed by atoms with Gasteiger partial charge in [-0.3, -0.25) is 0 Å². The summed E-state index contributed by atoms with van der Waals surface area (Å²) in [6.07, 6.45) is 1.69. The predicted molar refractivity (Wildman–Crippen MR) is 78.7 cm³/mol. The second kappa shape index (κ2) is 5.02. The maximum absolute atomic E-state index is 12.0. The molecule has 0 spiro atoms. The quantitative estimate of drug-likeness (QED) is 0.889. The van der Waals surface area contributed by atoms with Crippen molar-refractivity contribution in [3.8, 4) is 0 Å². The molecule has 2 heterocycles. The number of likely N-dealkylation sites (tertiary alicyclic amines) is 1. The molecule has 1 saturated heterocycles. The molecule has 6 heteroatoms. The maximum Gasteiger partial charge on any atom is 0.410 e. The van der Waals surface area contributed by atoms with Crippen LogP contribution in [0.4, 0.5) is 4.79 Å². The Morgan fingerprint density at radius 2 is 2.14 bits per heavy atom. The van der Waals surface area contributed by atoms with E-state index in [1.54, 1.807) is 0 Å². The molecule has 2 fully saturated rings. The van der Waals surface area contributed by atoms with E-state index in [2.05, 4.69) is 15.3 Å². The topological polar surface area (TPSA) is 70.2 Å². The van der Waals surface area contributed by atoms with Gasteiger partial charge in [0.15, 0.2) is 0 Å². The molecule has 1 aliphatic carbocycles. The first-order valence-corrected chi connectivity index (χ1v) is 7.55. The SMILES string of the molecule is Cc1ncc(CNC2C3CN(C(=O)OC(C)(C)C)CC32)[nH]1. The van der Waals surface area contributed by atoms with Gasteiger partial charge < -0.3 is 19.9 Å². The second-order valence-corrected chi connectivity index (χ2v) is 7.11. The second-order valence-electron chi connectivity index (χ2n) is 7.11. The van der Waals surface area contributed by atoms with Crippen LogP contribution in [0.5, 0.6) is 0 Å². The zero-order chi connectivity index (χ0) is 15.2. The van der Waals surface area contributed by atoms with Crippen molar-refractivity contribution < 1.29 is 9.53 Å². The van der Waals surface area contributed by atoms with Gasteiger partial charge in [-0.05, 0) is 39.5 Å². The molecule has 2 atom stereocenters. The van der Waals surface area contributed by atoms with E-state index < -0.39 is 5.60 Å². The summed E-state index contributed by atoms with van der Waals surface area (Å²) in [4.78, 5) is 21.2. The lowest BCUT2D eigenvalue weighted by Gasteiger charge is -2.26. The molecule has 1 aromatic rings. The lowest BCUT2D eigenvalue weighted by molar-refractivity contribution is 0.0269. The number of ether oxygens (including phenoxy) is 1. The van der Waals surface area contributed by atoms with Gasteiger partial charge in [-0.15, -0.1) is 0 Å². The Kier molecular flexibility index (Phi) is 3.43. The average Bonchev–Trinajstić information content (AvgIpc) is 2.77. The van der Waals surface area contributed by atoms with Gasteiger partial charge in [0.05, 0.1) is 0 Å². The maximum atomic E-state index is 12.0. The molecule has 3 rings (SSSR count). The van der Waals surface area contributed by atoms with Gasteiger partial charge >= 0.3 is 6.09 Å². The average molecular weight is 292 g/mol. The fourth-order valence-corrected chi connectivity index (χ4v) is 3.09. The highest BCUT2D eigenvalue weighted by atomic mass is 16.6. The van der Waals surface area contributed by atoms with E-state index in [-0.39, 0.29) is 6.09 Å². The Morgan fingerprint density at radius 3 is 2.67 bits per heavy atom. The molecule has 0 radical (unpaired) electrons. The van der Waals surface area contributed by atoms with Crippen molar-refractivity contribution in [1.29, 1.82) is 0 Å². The smallest absolute Gasteiger partial charge is 0.410 e. The molecule has 116 valence electrons. The molecule has 1 aliphatic heterocycles. The largest absolute Gasteiger partial charge is 0.444 e. The number of H-pyrrole nitrogens is 1. The molecule has 2 aliphatic rings. The number of carbonyl (C=O) groups excluding carboxylic acids is 1. The van der Waals surface area contributed by atoms with E-state index in [9.17, 15) is 4.79 Å². The monoisotopic (exact) mass is 292 g/mol. The molecule has 2 unspecified atom stereocenters. The number of amides is 1. The highest BCUT2D eigenvalue weighted by Gasteiger charge is 2.56. The highest BCUT2D eigenvalue weighted by Crippen LogP contribution is 2.45. The first kappa shape index (κ1) is 14.4. The van der Waals surface area contributed by atoms with E-state index >= 15 is 0 Å². The van der Waals surface area contributed by atoms with Crippen LogP contribution in [0.3, 0.4) is 0 Å². The van der Waals surface area contributed by atoms with Crippen LogP contribution in [0.15, 0.2) is 6.20 Å². The van der Waals surface area contributed by atoms with Gasteiger partial charge in [0.2, 0.25) is 0 Å². The van der Waals surface area contributed by atoms with Crippen molar-refractivity contribution in [1.82, 2.24) is 20.2 Å². The fraction of sp³-hybridized carbons (Fsp3) is 0.733. The fourth-order valence-electron chi connectivity index (χ4n) is 3.09. The van der Waals surface area contributed by atoms with Crippen molar-refractivity contribution in [2.24, 2.45) is 11.8 Å². The number of fused-ring (bicyclic) bond motifs is 1. The van der Waals surface area contributed by atoms with Crippen molar-refractivity contribution in [3.05, 3.63) is 17.7 Å². The number of nitrogens with one attached hydrogen (secondary N) is 2. The third kappa shape index (κ3) is 3.20. The molecule has 6 nitrogen and oxygen atoms in total. The minimum Gasteiger partial charge on any atom is -0.444 e. The predicted octanol–water partition coefficient (Wildman–Crippen LogP) is 1.67. The first-order chi connectivity index (χ1) is 9.83. The van der Waals surface area contributed by atoms with Crippen LogP contribution in [-0.2, 0) is 11.3 Å². The van der Waals surface area contributed by atoms with Crippen LogP contribution in [0.1, 0.15) is 32.3 Å². The minimum absolute atomic E-state index is 0.183. The van der Waals surface area contributed by atoms with Gasteiger partial charge in [0.25, 0.3) is 0 Å².